The van der Waals surface area contributed by atoms with Gasteiger partial charge in [0.1, 0.15) is 0 Å². The van der Waals surface area contributed by atoms with Crippen LogP contribution in [0.15, 0.2) is 30.3 Å². The Bertz CT molecular complexity index is 310. The number of aliphatic hydroxyl groups is 1. The molecule has 0 aliphatic rings. The highest BCUT2D eigenvalue weighted by atomic mass is 16.3. The minimum absolute atomic E-state index is 0.175. The Morgan fingerprint density at radius 1 is 1.43 bits per heavy atom. The van der Waals surface area contributed by atoms with Crippen molar-refractivity contribution in [2.75, 3.05) is 13.7 Å². The van der Waals surface area contributed by atoms with Crippen LogP contribution in [0.3, 0.4) is 0 Å². The third-order valence-electron chi connectivity index (χ3n) is 2.46. The van der Waals surface area contributed by atoms with Gasteiger partial charge in [-0.3, -0.25) is 4.79 Å². The van der Waals surface area contributed by atoms with Gasteiger partial charge in [0.05, 0.1) is 12.0 Å². The zero-order valence-corrected chi connectivity index (χ0v) is 8.45. The highest BCUT2D eigenvalue weighted by molar-refractivity contribution is 5.87. The lowest BCUT2D eigenvalue weighted by molar-refractivity contribution is -0.127. The first-order valence-corrected chi connectivity index (χ1v) is 4.53. The molecule has 1 amide bonds. The Morgan fingerprint density at radius 2 is 2.00 bits per heavy atom. The molecule has 0 saturated carbocycles. The van der Waals surface area contributed by atoms with Gasteiger partial charge in [-0.15, -0.1) is 0 Å². The molecule has 76 valence electrons. The second-order valence-corrected chi connectivity index (χ2v) is 3.44. The van der Waals surface area contributed by atoms with Crippen LogP contribution >= 0.6 is 0 Å². The maximum Gasteiger partial charge on any atom is 0.232 e. The first-order valence-electron chi connectivity index (χ1n) is 4.53. The molecule has 1 aromatic carbocycles. The van der Waals surface area contributed by atoms with Crippen LogP contribution in [-0.2, 0) is 10.2 Å². The lowest BCUT2D eigenvalue weighted by Gasteiger charge is -2.25. The fourth-order valence-electron chi connectivity index (χ4n) is 1.38. The summed E-state index contributed by atoms with van der Waals surface area (Å²) in [7, 11) is 1.57. The van der Waals surface area contributed by atoms with Crippen LogP contribution in [0.2, 0.25) is 0 Å². The summed E-state index contributed by atoms with van der Waals surface area (Å²) in [5.74, 6) is -0.175. The van der Waals surface area contributed by atoms with Crippen molar-refractivity contribution in [3.05, 3.63) is 35.9 Å². The van der Waals surface area contributed by atoms with Gasteiger partial charge in [-0.1, -0.05) is 30.3 Å². The average Bonchev–Trinajstić information content (AvgIpc) is 2.28. The van der Waals surface area contributed by atoms with E-state index in [0.717, 1.165) is 5.56 Å². The number of carbonyl (C=O) groups is 1. The molecule has 0 aromatic heterocycles. The number of amides is 1. The number of rotatable bonds is 3. The van der Waals surface area contributed by atoms with Gasteiger partial charge in [-0.05, 0) is 12.5 Å². The van der Waals surface area contributed by atoms with E-state index < -0.39 is 5.41 Å². The largest absolute Gasteiger partial charge is 0.395 e. The monoisotopic (exact) mass is 193 g/mol. The van der Waals surface area contributed by atoms with Crippen molar-refractivity contribution >= 4 is 5.91 Å². The molecule has 1 aromatic rings. The van der Waals surface area contributed by atoms with E-state index in [2.05, 4.69) is 5.32 Å². The maximum atomic E-state index is 11.6. The van der Waals surface area contributed by atoms with Crippen molar-refractivity contribution < 1.29 is 9.90 Å². The standard InChI is InChI=1S/C11H15NO2/c1-11(8-13,10(14)12-2)9-6-4-3-5-7-9/h3-7,13H,8H2,1-2H3,(H,12,14). The normalized spacial score (nSPS) is 14.5. The van der Waals surface area contributed by atoms with Gasteiger partial charge in [-0.25, -0.2) is 0 Å². The fourth-order valence-corrected chi connectivity index (χ4v) is 1.38. The molecule has 0 aliphatic heterocycles. The molecule has 1 atom stereocenters. The van der Waals surface area contributed by atoms with E-state index in [4.69, 9.17) is 0 Å². The van der Waals surface area contributed by atoms with Crippen LogP contribution in [0.4, 0.5) is 0 Å². The summed E-state index contributed by atoms with van der Waals surface area (Å²) in [5.41, 5.74) is -0.0300. The van der Waals surface area contributed by atoms with Gasteiger partial charge < -0.3 is 10.4 Å². The van der Waals surface area contributed by atoms with E-state index in [1.807, 2.05) is 30.3 Å². The average molecular weight is 193 g/mol. The third-order valence-corrected chi connectivity index (χ3v) is 2.46. The molecule has 14 heavy (non-hydrogen) atoms. The highest BCUT2D eigenvalue weighted by Crippen LogP contribution is 2.22. The molecule has 1 unspecified atom stereocenters. The summed E-state index contributed by atoms with van der Waals surface area (Å²) in [6.45, 7) is 1.53. The van der Waals surface area contributed by atoms with Crippen molar-refractivity contribution in [2.24, 2.45) is 0 Å². The lowest BCUT2D eigenvalue weighted by atomic mass is 9.82. The summed E-state index contributed by atoms with van der Waals surface area (Å²) in [6.07, 6.45) is 0. The Hall–Kier alpha value is -1.35. The van der Waals surface area contributed by atoms with Crippen LogP contribution < -0.4 is 5.32 Å². The van der Waals surface area contributed by atoms with E-state index in [1.165, 1.54) is 0 Å². The van der Waals surface area contributed by atoms with E-state index in [-0.39, 0.29) is 12.5 Å². The molecule has 0 bridgehead atoms. The molecule has 2 N–H and O–H groups in total. The molecule has 0 aliphatic carbocycles. The molecular weight excluding hydrogens is 178 g/mol. The first-order chi connectivity index (χ1) is 6.65. The van der Waals surface area contributed by atoms with Crippen LogP contribution in [0.5, 0.6) is 0 Å². The highest BCUT2D eigenvalue weighted by Gasteiger charge is 2.33. The van der Waals surface area contributed by atoms with Gasteiger partial charge in [0, 0.05) is 7.05 Å². The Labute approximate surface area is 83.8 Å². The Morgan fingerprint density at radius 3 is 2.43 bits per heavy atom. The molecule has 3 heteroatoms. The number of nitrogens with one attached hydrogen (secondary N) is 1. The second-order valence-electron chi connectivity index (χ2n) is 3.44. The summed E-state index contributed by atoms with van der Waals surface area (Å²) < 4.78 is 0. The first kappa shape index (κ1) is 10.7. The maximum absolute atomic E-state index is 11.6. The molecule has 3 nitrogen and oxygen atoms in total. The number of aliphatic hydroxyl groups excluding tert-OH is 1. The van der Waals surface area contributed by atoms with Crippen LogP contribution in [0.1, 0.15) is 12.5 Å². The quantitative estimate of drug-likeness (QED) is 0.741. The van der Waals surface area contributed by atoms with Crippen molar-refractivity contribution in [3.8, 4) is 0 Å². The predicted octanol–water partition coefficient (Wildman–Crippen LogP) is 0.683. The van der Waals surface area contributed by atoms with Crippen molar-refractivity contribution in [1.82, 2.24) is 5.32 Å². The van der Waals surface area contributed by atoms with Crippen molar-refractivity contribution in [3.63, 3.8) is 0 Å². The van der Waals surface area contributed by atoms with Crippen LogP contribution in [0, 0.1) is 0 Å². The van der Waals surface area contributed by atoms with Gasteiger partial charge in [0.15, 0.2) is 0 Å². The van der Waals surface area contributed by atoms with E-state index in [0.29, 0.717) is 0 Å². The van der Waals surface area contributed by atoms with Crippen LogP contribution in [0.25, 0.3) is 0 Å². The lowest BCUT2D eigenvalue weighted by Crippen LogP contribution is -2.43. The third kappa shape index (κ3) is 1.77. The van der Waals surface area contributed by atoms with E-state index in [9.17, 15) is 9.90 Å². The number of hydrogen-bond acceptors (Lipinski definition) is 2. The molecule has 0 heterocycles. The molecule has 0 spiro atoms. The van der Waals surface area contributed by atoms with Gasteiger partial charge in [0.2, 0.25) is 5.91 Å². The van der Waals surface area contributed by atoms with Crippen LogP contribution in [-0.4, -0.2) is 24.7 Å². The zero-order chi connectivity index (χ0) is 10.6. The minimum Gasteiger partial charge on any atom is -0.395 e. The van der Waals surface area contributed by atoms with Gasteiger partial charge >= 0.3 is 0 Å². The van der Waals surface area contributed by atoms with Crippen molar-refractivity contribution in [2.45, 2.75) is 12.3 Å². The molecule has 0 radical (unpaired) electrons. The summed E-state index contributed by atoms with van der Waals surface area (Å²) in [4.78, 5) is 11.6. The van der Waals surface area contributed by atoms with Gasteiger partial charge in [-0.2, -0.15) is 0 Å². The number of benzene rings is 1. The Kier molecular flexibility index (Phi) is 3.25. The van der Waals surface area contributed by atoms with E-state index >= 15 is 0 Å². The number of hydrogen-bond donors (Lipinski definition) is 2. The fraction of sp³-hybridized carbons (Fsp3) is 0.364. The smallest absolute Gasteiger partial charge is 0.232 e. The van der Waals surface area contributed by atoms with Crippen molar-refractivity contribution in [1.29, 1.82) is 0 Å². The van der Waals surface area contributed by atoms with Gasteiger partial charge in [0.25, 0.3) is 0 Å². The molecule has 1 rings (SSSR count). The predicted molar refractivity (Wildman–Crippen MR) is 54.9 cm³/mol. The summed E-state index contributed by atoms with van der Waals surface area (Å²) in [5, 5.41) is 11.8. The molecule has 0 fully saturated rings. The summed E-state index contributed by atoms with van der Waals surface area (Å²) >= 11 is 0. The topological polar surface area (TPSA) is 49.3 Å². The second kappa shape index (κ2) is 4.24. The molecule has 0 saturated heterocycles. The zero-order valence-electron chi connectivity index (χ0n) is 8.45. The Balaban J connectivity index is 3.08. The summed E-state index contributed by atoms with van der Waals surface area (Å²) in [6, 6.07) is 9.26. The SMILES string of the molecule is CNC(=O)C(C)(CO)c1ccccc1. The minimum atomic E-state index is -0.851. The van der Waals surface area contributed by atoms with E-state index in [1.54, 1.807) is 14.0 Å². The number of likely N-dealkylation sites (N-methyl/N-ethyl adjacent to an activating group) is 1. The number of carbonyl (C=O) groups excluding carboxylic acids is 1. The molecular formula is C11H15NO2.